The van der Waals surface area contributed by atoms with E-state index in [-0.39, 0.29) is 28.9 Å². The zero-order chi connectivity index (χ0) is 33.1. The monoisotopic (exact) mass is 713 g/mol. The summed E-state index contributed by atoms with van der Waals surface area (Å²) in [6, 6.07) is 0. The van der Waals surface area contributed by atoms with Gasteiger partial charge in [-0.05, 0) is 64.2 Å². The molecule has 0 saturated carbocycles. The molecule has 0 fully saturated rings. The molecular weight excluding hydrogens is 638 g/mol. The van der Waals surface area contributed by atoms with E-state index in [0.717, 1.165) is 57.8 Å². The molecule has 0 spiro atoms. The highest BCUT2D eigenvalue weighted by atomic mass is 79.9. The number of rotatable bonds is 34. The average molecular weight is 715 g/mol. The first kappa shape index (κ1) is 47.0. The first-order valence-corrected chi connectivity index (χ1v) is 19.6. The standard InChI is InChI=1S/C40H76NO4.BrH/c1-5-8-10-12-14-16-18-20-22-24-26-28-30-32-34-36-39(42)44-41(4,38-7-3)45-40(43)37-35-33-31-29-27-25-23-21-19-17-15-13-11-9-6-2;/h20-23H,5-19,24-38H2,1-4H3;1H/q+1;/p-1/b22-20-,23-21-;. The van der Waals surface area contributed by atoms with Gasteiger partial charge in [0, 0.05) is 11.2 Å². The number of allylic oxidation sites excluding steroid dienone is 4. The third-order valence-corrected chi connectivity index (χ3v) is 8.51. The molecule has 0 aromatic heterocycles. The van der Waals surface area contributed by atoms with Crippen molar-refractivity contribution in [1.82, 2.24) is 0 Å². The molecule has 0 N–H and O–H groups in total. The van der Waals surface area contributed by atoms with Gasteiger partial charge in [-0.25, -0.2) is 19.3 Å². The van der Waals surface area contributed by atoms with E-state index in [2.05, 4.69) is 38.2 Å². The topological polar surface area (TPSA) is 52.6 Å². The molecule has 0 unspecified atom stereocenters. The van der Waals surface area contributed by atoms with E-state index < -0.39 is 4.81 Å². The second kappa shape index (κ2) is 36.7. The summed E-state index contributed by atoms with van der Waals surface area (Å²) in [5.41, 5.74) is 0. The van der Waals surface area contributed by atoms with Crippen LogP contribution in [0.2, 0.25) is 0 Å². The minimum Gasteiger partial charge on any atom is -1.00 e. The Bertz CT molecular complexity index is 670. The zero-order valence-corrected chi connectivity index (χ0v) is 32.6. The highest BCUT2D eigenvalue weighted by Gasteiger charge is 2.32. The van der Waals surface area contributed by atoms with Crippen molar-refractivity contribution in [1.29, 1.82) is 0 Å². The Hall–Kier alpha value is -1.14. The quantitative estimate of drug-likeness (QED) is 0.0288. The van der Waals surface area contributed by atoms with Crippen LogP contribution in [0.4, 0.5) is 0 Å². The SMILES string of the molecule is CCCCCCCC/C=C\CCCCCCCC(=O)O[N+](C)(CCC)OC(=O)CCCCCCC/C=C\CCCCCCCC.[Br-]. The molecule has 0 saturated heterocycles. The van der Waals surface area contributed by atoms with Gasteiger partial charge in [-0.15, -0.1) is 0 Å². The Kier molecular flexibility index (Phi) is 37.5. The van der Waals surface area contributed by atoms with Crippen molar-refractivity contribution in [2.75, 3.05) is 13.6 Å². The van der Waals surface area contributed by atoms with Gasteiger partial charge in [0.05, 0.1) is 12.8 Å². The molecule has 0 aromatic carbocycles. The fourth-order valence-electron chi connectivity index (χ4n) is 5.72. The van der Waals surface area contributed by atoms with Crippen molar-refractivity contribution in [2.24, 2.45) is 0 Å². The molecule has 0 atom stereocenters. The van der Waals surface area contributed by atoms with Crippen LogP contribution in [-0.2, 0) is 19.3 Å². The molecule has 5 nitrogen and oxygen atoms in total. The molecular formula is C40H76BrNO4. The Morgan fingerprint density at radius 2 is 0.717 bits per heavy atom. The highest BCUT2D eigenvalue weighted by Crippen LogP contribution is 2.16. The Morgan fingerprint density at radius 3 is 1.02 bits per heavy atom. The maximum atomic E-state index is 12.5. The molecule has 0 aliphatic carbocycles. The molecule has 0 aromatic rings. The summed E-state index contributed by atoms with van der Waals surface area (Å²) in [6.45, 7) is 7.00. The number of unbranched alkanes of at least 4 members (excludes halogenated alkanes) is 22. The highest BCUT2D eigenvalue weighted by molar-refractivity contribution is 5.69. The van der Waals surface area contributed by atoms with Crippen molar-refractivity contribution in [3.05, 3.63) is 24.3 Å². The van der Waals surface area contributed by atoms with Gasteiger partial charge < -0.3 is 17.0 Å². The van der Waals surface area contributed by atoms with Gasteiger partial charge in [-0.2, -0.15) is 0 Å². The number of nitrogens with zero attached hydrogens (tertiary/aromatic N) is 1. The van der Waals surface area contributed by atoms with Crippen molar-refractivity contribution in [3.8, 4) is 0 Å². The molecule has 0 radical (unpaired) electrons. The van der Waals surface area contributed by atoms with Crippen LogP contribution in [0.25, 0.3) is 0 Å². The Morgan fingerprint density at radius 1 is 0.435 bits per heavy atom. The van der Waals surface area contributed by atoms with Crippen molar-refractivity contribution in [3.63, 3.8) is 0 Å². The molecule has 0 bridgehead atoms. The number of carbonyl (C=O) groups excluding carboxylic acids is 2. The van der Waals surface area contributed by atoms with Crippen LogP contribution in [-0.4, -0.2) is 30.3 Å². The van der Waals surface area contributed by atoms with E-state index in [9.17, 15) is 9.59 Å². The molecule has 0 rings (SSSR count). The number of hydrogen-bond donors (Lipinski definition) is 0. The van der Waals surface area contributed by atoms with Crippen LogP contribution in [0.1, 0.15) is 207 Å². The lowest BCUT2D eigenvalue weighted by Crippen LogP contribution is -3.00. The average Bonchev–Trinajstić information content (AvgIpc) is 3.01. The van der Waals surface area contributed by atoms with Crippen LogP contribution in [0, 0.1) is 0 Å². The van der Waals surface area contributed by atoms with Gasteiger partial charge >= 0.3 is 11.9 Å². The number of carbonyl (C=O) groups is 2. The van der Waals surface area contributed by atoms with Gasteiger partial charge in [-0.3, -0.25) is 0 Å². The lowest BCUT2D eigenvalue weighted by atomic mass is 10.1. The number of hydroxylamine groups is 4. The molecule has 0 aliphatic heterocycles. The largest absolute Gasteiger partial charge is 1.00 e. The molecule has 272 valence electrons. The van der Waals surface area contributed by atoms with E-state index >= 15 is 0 Å². The Labute approximate surface area is 297 Å². The first-order chi connectivity index (χ1) is 22.0. The van der Waals surface area contributed by atoms with Gasteiger partial charge in [0.25, 0.3) is 0 Å². The maximum absolute atomic E-state index is 12.5. The van der Waals surface area contributed by atoms with E-state index in [1.807, 2.05) is 6.92 Å². The van der Waals surface area contributed by atoms with Crippen molar-refractivity contribution in [2.45, 2.75) is 207 Å². The number of halogens is 1. The summed E-state index contributed by atoms with van der Waals surface area (Å²) in [7, 11) is 1.68. The van der Waals surface area contributed by atoms with Gasteiger partial charge in [-0.1, -0.05) is 148 Å². The molecule has 46 heavy (non-hydrogen) atoms. The minimum atomic E-state index is -0.398. The third-order valence-electron chi connectivity index (χ3n) is 8.51. The third kappa shape index (κ3) is 34.2. The lowest BCUT2D eigenvalue weighted by Gasteiger charge is -2.26. The van der Waals surface area contributed by atoms with E-state index in [4.69, 9.17) is 9.68 Å². The predicted molar refractivity (Wildman–Crippen MR) is 192 cm³/mol. The van der Waals surface area contributed by atoms with Gasteiger partial charge in [0.15, 0.2) is 13.6 Å². The van der Waals surface area contributed by atoms with E-state index in [0.29, 0.717) is 19.4 Å². The summed E-state index contributed by atoms with van der Waals surface area (Å²) in [5, 5.41) is 0. The first-order valence-electron chi connectivity index (χ1n) is 19.6. The molecule has 0 amide bonds. The summed E-state index contributed by atoms with van der Waals surface area (Å²) in [5.74, 6) is -0.560. The van der Waals surface area contributed by atoms with Crippen LogP contribution < -0.4 is 17.0 Å². The van der Waals surface area contributed by atoms with Crippen LogP contribution in [0.3, 0.4) is 0 Å². The van der Waals surface area contributed by atoms with Crippen LogP contribution in [0.15, 0.2) is 24.3 Å². The molecule has 0 heterocycles. The van der Waals surface area contributed by atoms with Crippen LogP contribution in [0.5, 0.6) is 0 Å². The minimum absolute atomic E-state index is 0. The Balaban J connectivity index is 0. The van der Waals surface area contributed by atoms with Gasteiger partial charge in [0.1, 0.15) is 0 Å². The summed E-state index contributed by atoms with van der Waals surface area (Å²) in [6.07, 6.45) is 42.8. The van der Waals surface area contributed by atoms with Crippen molar-refractivity contribution >= 4 is 11.9 Å². The van der Waals surface area contributed by atoms with Crippen LogP contribution >= 0.6 is 0 Å². The maximum Gasteiger partial charge on any atom is 0.372 e. The van der Waals surface area contributed by atoms with Crippen molar-refractivity contribution < 1.29 is 41.1 Å². The summed E-state index contributed by atoms with van der Waals surface area (Å²) in [4.78, 5) is 35.9. The molecule has 6 heteroatoms. The summed E-state index contributed by atoms with van der Waals surface area (Å²) < 4.78 is 0. The lowest BCUT2D eigenvalue weighted by molar-refractivity contribution is -1.21. The second-order valence-corrected chi connectivity index (χ2v) is 13.3. The molecule has 0 aliphatic rings. The second-order valence-electron chi connectivity index (χ2n) is 13.3. The fourth-order valence-corrected chi connectivity index (χ4v) is 5.72. The van der Waals surface area contributed by atoms with E-state index in [1.54, 1.807) is 7.05 Å². The normalized spacial score (nSPS) is 11.7. The van der Waals surface area contributed by atoms with E-state index in [1.165, 1.54) is 116 Å². The zero-order valence-electron chi connectivity index (χ0n) is 31.0. The summed E-state index contributed by atoms with van der Waals surface area (Å²) >= 11 is 0. The fraction of sp³-hybridized carbons (Fsp3) is 0.850. The number of hydrogen-bond acceptors (Lipinski definition) is 4. The predicted octanol–water partition coefficient (Wildman–Crippen LogP) is 9.84. The smallest absolute Gasteiger partial charge is 0.372 e. The van der Waals surface area contributed by atoms with Gasteiger partial charge in [0.2, 0.25) is 0 Å². The number of quaternary nitrogens is 1.